The summed E-state index contributed by atoms with van der Waals surface area (Å²) in [7, 11) is 0. The molecule has 1 fully saturated rings. The molecular formula is C22H21FN2O3S. The van der Waals surface area contributed by atoms with Crippen LogP contribution in [0.25, 0.3) is 17.7 Å². The van der Waals surface area contributed by atoms with Crippen molar-refractivity contribution in [2.45, 2.75) is 0 Å². The molecular weight excluding hydrogens is 391 g/mol. The first-order valence-electron chi connectivity index (χ1n) is 9.14. The second-order valence-corrected chi connectivity index (χ2v) is 7.67. The van der Waals surface area contributed by atoms with E-state index in [1.807, 2.05) is 28.8 Å². The Balaban J connectivity index is 1.89. The first kappa shape index (κ1) is 20.8. The van der Waals surface area contributed by atoms with Crippen LogP contribution in [0.15, 0.2) is 54.6 Å². The largest absolute Gasteiger partial charge is 0.337 e. The monoisotopic (exact) mass is 412 g/mol. The summed E-state index contributed by atoms with van der Waals surface area (Å²) >= 11 is 1.83. The van der Waals surface area contributed by atoms with Gasteiger partial charge in [0.05, 0.1) is 0 Å². The van der Waals surface area contributed by atoms with E-state index < -0.39 is 5.91 Å². The second-order valence-electron chi connectivity index (χ2n) is 6.45. The number of halogens is 1. The van der Waals surface area contributed by atoms with Crippen molar-refractivity contribution in [3.8, 4) is 0 Å². The van der Waals surface area contributed by atoms with Gasteiger partial charge >= 0.3 is 0 Å². The molecule has 0 spiro atoms. The number of hydrogen-bond acceptors (Lipinski definition) is 4. The van der Waals surface area contributed by atoms with Crippen LogP contribution in [0, 0.1) is 5.82 Å². The lowest BCUT2D eigenvalue weighted by atomic mass is 10.0. The molecule has 1 heterocycles. The summed E-state index contributed by atoms with van der Waals surface area (Å²) in [5, 5.41) is 8.52. The van der Waals surface area contributed by atoms with Gasteiger partial charge in [0, 0.05) is 36.2 Å². The van der Waals surface area contributed by atoms with Gasteiger partial charge in [0.25, 0.3) is 11.8 Å². The second kappa shape index (κ2) is 10.0. The lowest BCUT2D eigenvalue weighted by Crippen LogP contribution is -2.38. The highest BCUT2D eigenvalue weighted by Crippen LogP contribution is 2.23. The molecule has 0 aromatic heterocycles. The van der Waals surface area contributed by atoms with Crippen LogP contribution in [0.1, 0.15) is 16.7 Å². The molecule has 3 rings (SSSR count). The van der Waals surface area contributed by atoms with E-state index >= 15 is 0 Å². The van der Waals surface area contributed by atoms with Crippen LogP contribution in [-0.4, -0.2) is 46.5 Å². The van der Waals surface area contributed by atoms with Crippen molar-refractivity contribution < 1.29 is 19.2 Å². The van der Waals surface area contributed by atoms with E-state index in [9.17, 15) is 14.0 Å². The fourth-order valence-corrected chi connectivity index (χ4v) is 3.82. The van der Waals surface area contributed by atoms with Crippen LogP contribution < -0.4 is 5.48 Å². The number of carbonyl (C=O) groups is 2. The molecule has 2 N–H and O–H groups in total. The zero-order chi connectivity index (χ0) is 20.6. The Labute approximate surface area is 172 Å². The third-order valence-corrected chi connectivity index (χ3v) is 5.41. The van der Waals surface area contributed by atoms with Crippen molar-refractivity contribution in [2.24, 2.45) is 0 Å². The van der Waals surface area contributed by atoms with E-state index in [-0.39, 0.29) is 11.7 Å². The van der Waals surface area contributed by atoms with Gasteiger partial charge in [-0.2, -0.15) is 11.8 Å². The SMILES string of the molecule is O=C(/C=C/c1ccc(C=C(C(=O)N2CCSCC2)c2ccc(F)cc2)cc1)NO. The number of nitrogens with zero attached hydrogens (tertiary/aromatic N) is 1. The molecule has 0 saturated carbocycles. The number of benzene rings is 2. The molecule has 1 aliphatic rings. The predicted octanol–water partition coefficient (Wildman–Crippen LogP) is 3.46. The minimum Gasteiger partial charge on any atom is -0.337 e. The summed E-state index contributed by atoms with van der Waals surface area (Å²) in [6, 6.07) is 13.2. The van der Waals surface area contributed by atoms with Crippen LogP contribution in [0.4, 0.5) is 4.39 Å². The van der Waals surface area contributed by atoms with E-state index in [0.717, 1.165) is 22.6 Å². The molecule has 7 heteroatoms. The molecule has 5 nitrogen and oxygen atoms in total. The quantitative estimate of drug-likeness (QED) is 0.342. The summed E-state index contributed by atoms with van der Waals surface area (Å²) in [6.07, 6.45) is 4.58. The lowest BCUT2D eigenvalue weighted by molar-refractivity contribution is -0.125. The van der Waals surface area contributed by atoms with Gasteiger partial charge in [-0.15, -0.1) is 0 Å². The number of rotatable bonds is 5. The first-order chi connectivity index (χ1) is 14.1. The maximum Gasteiger partial charge on any atom is 0.267 e. The number of nitrogens with one attached hydrogen (secondary N) is 1. The Morgan fingerprint density at radius 2 is 1.62 bits per heavy atom. The maximum atomic E-state index is 13.4. The fraction of sp³-hybridized carbons (Fsp3) is 0.182. The van der Waals surface area contributed by atoms with Gasteiger partial charge in [-0.3, -0.25) is 14.8 Å². The van der Waals surface area contributed by atoms with Gasteiger partial charge < -0.3 is 4.90 Å². The third-order valence-electron chi connectivity index (χ3n) is 4.47. The van der Waals surface area contributed by atoms with Gasteiger partial charge in [-0.1, -0.05) is 36.4 Å². The van der Waals surface area contributed by atoms with Gasteiger partial charge in [0.1, 0.15) is 5.82 Å². The van der Waals surface area contributed by atoms with Crippen LogP contribution in [-0.2, 0) is 9.59 Å². The minimum atomic E-state index is -0.613. The Hall–Kier alpha value is -2.90. The average molecular weight is 412 g/mol. The molecule has 2 amide bonds. The molecule has 0 unspecified atom stereocenters. The topological polar surface area (TPSA) is 69.6 Å². The first-order valence-corrected chi connectivity index (χ1v) is 10.3. The van der Waals surface area contributed by atoms with Crippen LogP contribution >= 0.6 is 11.8 Å². The van der Waals surface area contributed by atoms with E-state index in [4.69, 9.17) is 5.21 Å². The molecule has 0 aliphatic carbocycles. The highest BCUT2D eigenvalue weighted by molar-refractivity contribution is 7.99. The highest BCUT2D eigenvalue weighted by Gasteiger charge is 2.21. The number of hydrogen-bond donors (Lipinski definition) is 2. The number of thioether (sulfide) groups is 1. The molecule has 29 heavy (non-hydrogen) atoms. The summed E-state index contributed by atoms with van der Waals surface area (Å²) in [5.74, 6) is 0.784. The molecule has 2 aromatic rings. The van der Waals surface area contributed by atoms with Crippen molar-refractivity contribution in [1.29, 1.82) is 0 Å². The number of hydroxylamine groups is 1. The van der Waals surface area contributed by atoms with E-state index in [1.165, 1.54) is 23.7 Å². The molecule has 0 radical (unpaired) electrons. The van der Waals surface area contributed by atoms with Crippen LogP contribution in [0.3, 0.4) is 0 Å². The summed E-state index contributed by atoms with van der Waals surface area (Å²) in [6.45, 7) is 1.39. The molecule has 0 atom stereocenters. The number of amides is 2. The van der Waals surface area contributed by atoms with Crippen molar-refractivity contribution in [3.05, 3.63) is 77.1 Å². The predicted molar refractivity (Wildman–Crippen MR) is 114 cm³/mol. The van der Waals surface area contributed by atoms with Crippen LogP contribution in [0.2, 0.25) is 0 Å². The Morgan fingerprint density at radius 1 is 1.00 bits per heavy atom. The Bertz CT molecular complexity index is 918. The van der Waals surface area contributed by atoms with E-state index in [1.54, 1.807) is 36.4 Å². The van der Waals surface area contributed by atoms with Crippen molar-refractivity contribution in [2.75, 3.05) is 24.6 Å². The molecule has 1 saturated heterocycles. The smallest absolute Gasteiger partial charge is 0.267 e. The molecule has 150 valence electrons. The highest BCUT2D eigenvalue weighted by atomic mass is 32.2. The molecule has 2 aromatic carbocycles. The zero-order valence-electron chi connectivity index (χ0n) is 15.7. The van der Waals surface area contributed by atoms with E-state index in [0.29, 0.717) is 24.2 Å². The lowest BCUT2D eigenvalue weighted by Gasteiger charge is -2.27. The van der Waals surface area contributed by atoms with Gasteiger partial charge in [-0.25, -0.2) is 9.87 Å². The minimum absolute atomic E-state index is 0.0690. The van der Waals surface area contributed by atoms with Crippen molar-refractivity contribution in [1.82, 2.24) is 10.4 Å². The van der Waals surface area contributed by atoms with Gasteiger partial charge in [0.2, 0.25) is 0 Å². The fourth-order valence-electron chi connectivity index (χ4n) is 2.91. The van der Waals surface area contributed by atoms with Crippen molar-refractivity contribution in [3.63, 3.8) is 0 Å². The third kappa shape index (κ3) is 5.79. The van der Waals surface area contributed by atoms with E-state index in [2.05, 4.69) is 0 Å². The maximum absolute atomic E-state index is 13.4. The Morgan fingerprint density at radius 3 is 2.24 bits per heavy atom. The van der Waals surface area contributed by atoms with Gasteiger partial charge in [-0.05, 0) is 41.0 Å². The van der Waals surface area contributed by atoms with Crippen LogP contribution in [0.5, 0.6) is 0 Å². The summed E-state index contributed by atoms with van der Waals surface area (Å²) < 4.78 is 13.4. The number of carbonyl (C=O) groups excluding carboxylic acids is 2. The molecule has 0 bridgehead atoms. The summed E-state index contributed by atoms with van der Waals surface area (Å²) in [4.78, 5) is 26.0. The standard InChI is InChI=1S/C22H21FN2O3S/c23-19-8-6-18(7-9-19)20(22(27)25-11-13-29-14-12-25)15-17-3-1-16(2-4-17)5-10-21(26)24-28/h1-10,15,28H,11-14H2,(H,24,26)/b10-5+,20-15?. The normalized spacial score (nSPS) is 14.8. The molecule has 1 aliphatic heterocycles. The summed E-state index contributed by atoms with van der Waals surface area (Å²) in [5.41, 5.74) is 4.30. The average Bonchev–Trinajstić information content (AvgIpc) is 2.77. The Kier molecular flexibility index (Phi) is 7.21. The van der Waals surface area contributed by atoms with Gasteiger partial charge in [0.15, 0.2) is 0 Å². The van der Waals surface area contributed by atoms with Crippen molar-refractivity contribution >= 4 is 41.3 Å². The zero-order valence-corrected chi connectivity index (χ0v) is 16.5.